The Kier molecular flexibility index (Phi) is 4.19. The summed E-state index contributed by atoms with van der Waals surface area (Å²) in [6.07, 6.45) is 2.98. The first-order valence-electron chi connectivity index (χ1n) is 5.83. The molecule has 0 atom stereocenters. The van der Waals surface area contributed by atoms with Crippen molar-refractivity contribution in [1.29, 1.82) is 0 Å². The lowest BCUT2D eigenvalue weighted by Crippen LogP contribution is -2.16. The van der Waals surface area contributed by atoms with Crippen molar-refractivity contribution in [3.05, 3.63) is 53.6 Å². The highest BCUT2D eigenvalue weighted by molar-refractivity contribution is 7.92. The SMILES string of the molecule is Cc1cncc(NS(=O)(=O)c2ccc(F)c(C(N)=S)c2)c1. The van der Waals surface area contributed by atoms with Gasteiger partial charge in [0, 0.05) is 11.8 Å². The van der Waals surface area contributed by atoms with E-state index in [2.05, 4.69) is 9.71 Å². The Hall–Kier alpha value is -2.06. The average Bonchev–Trinajstić information content (AvgIpc) is 2.38. The molecule has 0 spiro atoms. The summed E-state index contributed by atoms with van der Waals surface area (Å²) in [6, 6.07) is 4.88. The van der Waals surface area contributed by atoms with Crippen LogP contribution in [0.3, 0.4) is 0 Å². The minimum atomic E-state index is -3.87. The Balaban J connectivity index is 2.40. The number of rotatable bonds is 4. The van der Waals surface area contributed by atoms with E-state index in [4.69, 9.17) is 18.0 Å². The largest absolute Gasteiger partial charge is 0.389 e. The normalized spacial score (nSPS) is 11.1. The van der Waals surface area contributed by atoms with Gasteiger partial charge in [-0.1, -0.05) is 12.2 Å². The van der Waals surface area contributed by atoms with Gasteiger partial charge in [-0.3, -0.25) is 9.71 Å². The lowest BCUT2D eigenvalue weighted by Gasteiger charge is -2.10. The van der Waals surface area contributed by atoms with Crippen LogP contribution in [0, 0.1) is 12.7 Å². The second-order valence-corrected chi connectivity index (χ2v) is 6.48. The monoisotopic (exact) mass is 325 g/mol. The van der Waals surface area contributed by atoms with Crippen LogP contribution in [0.2, 0.25) is 0 Å². The minimum absolute atomic E-state index is 0.116. The summed E-state index contributed by atoms with van der Waals surface area (Å²) in [5.74, 6) is -0.668. The molecule has 0 aliphatic rings. The summed E-state index contributed by atoms with van der Waals surface area (Å²) in [6.45, 7) is 1.79. The van der Waals surface area contributed by atoms with Crippen molar-refractivity contribution in [2.75, 3.05) is 4.72 Å². The first-order chi connectivity index (χ1) is 9.79. The van der Waals surface area contributed by atoms with Gasteiger partial charge in [-0.15, -0.1) is 0 Å². The Morgan fingerprint density at radius 1 is 1.33 bits per heavy atom. The van der Waals surface area contributed by atoms with Gasteiger partial charge in [0.15, 0.2) is 0 Å². The Bertz CT molecular complexity index is 807. The summed E-state index contributed by atoms with van der Waals surface area (Å²) >= 11 is 4.69. The molecular weight excluding hydrogens is 313 g/mol. The van der Waals surface area contributed by atoms with Crippen LogP contribution in [0.15, 0.2) is 41.6 Å². The molecule has 0 aliphatic heterocycles. The van der Waals surface area contributed by atoms with E-state index in [1.165, 1.54) is 6.20 Å². The van der Waals surface area contributed by atoms with Gasteiger partial charge >= 0.3 is 0 Å². The number of nitrogens with two attached hydrogens (primary N) is 1. The summed E-state index contributed by atoms with van der Waals surface area (Å²) in [4.78, 5) is 3.56. The predicted molar refractivity (Wildman–Crippen MR) is 82.1 cm³/mol. The van der Waals surface area contributed by atoms with Crippen LogP contribution in [0.4, 0.5) is 10.1 Å². The summed E-state index contributed by atoms with van der Waals surface area (Å²) in [5.41, 5.74) is 6.37. The molecule has 8 heteroatoms. The maximum Gasteiger partial charge on any atom is 0.261 e. The van der Waals surface area contributed by atoms with Crippen LogP contribution < -0.4 is 10.5 Å². The van der Waals surface area contributed by atoms with Crippen molar-refractivity contribution in [3.8, 4) is 0 Å². The third-order valence-electron chi connectivity index (χ3n) is 2.64. The molecule has 110 valence electrons. The third kappa shape index (κ3) is 3.53. The van der Waals surface area contributed by atoms with Gasteiger partial charge in [-0.2, -0.15) is 0 Å². The standard InChI is InChI=1S/C13H12FN3O2S2/c1-8-4-9(7-16-6-8)17-21(18,19)10-2-3-12(14)11(5-10)13(15)20/h2-7,17H,1H3,(H2,15,20). The Labute approximate surface area is 127 Å². The van der Waals surface area contributed by atoms with Gasteiger partial charge in [0.25, 0.3) is 10.0 Å². The first kappa shape index (κ1) is 15.3. The van der Waals surface area contributed by atoms with E-state index in [0.717, 1.165) is 23.8 Å². The number of aromatic nitrogens is 1. The number of hydrogen-bond donors (Lipinski definition) is 2. The molecule has 0 saturated heterocycles. The van der Waals surface area contributed by atoms with E-state index in [1.807, 2.05) is 0 Å². The van der Waals surface area contributed by atoms with E-state index in [0.29, 0.717) is 5.69 Å². The molecule has 5 nitrogen and oxygen atoms in total. The maximum atomic E-state index is 13.5. The number of hydrogen-bond acceptors (Lipinski definition) is 4. The molecular formula is C13H12FN3O2S2. The van der Waals surface area contributed by atoms with Crippen LogP contribution in [-0.4, -0.2) is 18.4 Å². The van der Waals surface area contributed by atoms with Gasteiger partial charge in [0.1, 0.15) is 10.8 Å². The summed E-state index contributed by atoms with van der Waals surface area (Å²) in [7, 11) is -3.87. The zero-order chi connectivity index (χ0) is 15.6. The molecule has 0 bridgehead atoms. The smallest absolute Gasteiger partial charge is 0.261 e. The van der Waals surface area contributed by atoms with Crippen molar-refractivity contribution in [3.63, 3.8) is 0 Å². The quantitative estimate of drug-likeness (QED) is 0.840. The molecule has 21 heavy (non-hydrogen) atoms. The zero-order valence-corrected chi connectivity index (χ0v) is 12.6. The number of aryl methyl sites for hydroxylation is 1. The highest BCUT2D eigenvalue weighted by Gasteiger charge is 2.17. The number of pyridine rings is 1. The topological polar surface area (TPSA) is 85.1 Å². The average molecular weight is 325 g/mol. The van der Waals surface area contributed by atoms with E-state index in [9.17, 15) is 12.8 Å². The molecule has 0 fully saturated rings. The van der Waals surface area contributed by atoms with E-state index >= 15 is 0 Å². The molecule has 0 radical (unpaired) electrons. The van der Waals surface area contributed by atoms with E-state index in [1.54, 1.807) is 19.2 Å². The Morgan fingerprint density at radius 3 is 2.67 bits per heavy atom. The fourth-order valence-corrected chi connectivity index (χ4v) is 2.90. The predicted octanol–water partition coefficient (Wildman–Crippen LogP) is 1.96. The second kappa shape index (κ2) is 5.74. The molecule has 3 N–H and O–H groups in total. The molecule has 1 aromatic carbocycles. The molecule has 0 amide bonds. The van der Waals surface area contributed by atoms with Crippen LogP contribution in [-0.2, 0) is 10.0 Å². The Morgan fingerprint density at radius 2 is 2.05 bits per heavy atom. The molecule has 2 rings (SSSR count). The van der Waals surface area contributed by atoms with Crippen molar-refractivity contribution < 1.29 is 12.8 Å². The van der Waals surface area contributed by atoms with Crippen molar-refractivity contribution in [2.24, 2.45) is 5.73 Å². The highest BCUT2D eigenvalue weighted by atomic mass is 32.2. The third-order valence-corrected chi connectivity index (χ3v) is 4.24. The fraction of sp³-hybridized carbons (Fsp3) is 0.0769. The molecule has 1 aromatic heterocycles. The van der Waals surface area contributed by atoms with Crippen molar-refractivity contribution in [2.45, 2.75) is 11.8 Å². The van der Waals surface area contributed by atoms with Gasteiger partial charge < -0.3 is 5.73 Å². The number of anilines is 1. The molecule has 1 heterocycles. The lowest BCUT2D eigenvalue weighted by atomic mass is 10.2. The first-order valence-corrected chi connectivity index (χ1v) is 7.72. The van der Waals surface area contributed by atoms with Crippen molar-refractivity contribution in [1.82, 2.24) is 4.98 Å². The minimum Gasteiger partial charge on any atom is -0.389 e. The lowest BCUT2D eigenvalue weighted by molar-refractivity contribution is 0.599. The van der Waals surface area contributed by atoms with Crippen LogP contribution in [0.25, 0.3) is 0 Å². The number of sulfonamides is 1. The molecule has 0 saturated carbocycles. The van der Waals surface area contributed by atoms with E-state index in [-0.39, 0.29) is 15.4 Å². The van der Waals surface area contributed by atoms with Gasteiger partial charge in [-0.05, 0) is 36.8 Å². The van der Waals surface area contributed by atoms with Gasteiger partial charge in [0.2, 0.25) is 0 Å². The number of nitrogens with zero attached hydrogens (tertiary/aromatic N) is 1. The molecule has 0 unspecified atom stereocenters. The number of nitrogens with one attached hydrogen (secondary N) is 1. The van der Waals surface area contributed by atoms with Crippen molar-refractivity contribution >= 4 is 32.9 Å². The van der Waals surface area contributed by atoms with Gasteiger partial charge in [0.05, 0.1) is 16.8 Å². The fourth-order valence-electron chi connectivity index (χ4n) is 1.69. The number of thiocarbonyl (C=S) groups is 1. The zero-order valence-electron chi connectivity index (χ0n) is 11.0. The summed E-state index contributed by atoms with van der Waals surface area (Å²) < 4.78 is 40.4. The van der Waals surface area contributed by atoms with Crippen LogP contribution >= 0.6 is 12.2 Å². The molecule has 2 aromatic rings. The maximum absolute atomic E-state index is 13.5. The second-order valence-electron chi connectivity index (χ2n) is 4.36. The number of halogens is 1. The summed E-state index contributed by atoms with van der Waals surface area (Å²) in [5, 5.41) is 0. The van der Waals surface area contributed by atoms with Crippen LogP contribution in [0.1, 0.15) is 11.1 Å². The molecule has 0 aliphatic carbocycles. The van der Waals surface area contributed by atoms with Gasteiger partial charge in [-0.25, -0.2) is 12.8 Å². The van der Waals surface area contributed by atoms with Crippen LogP contribution in [0.5, 0.6) is 0 Å². The highest BCUT2D eigenvalue weighted by Crippen LogP contribution is 2.19. The van der Waals surface area contributed by atoms with E-state index < -0.39 is 15.8 Å². The number of benzene rings is 1.